The third-order valence-corrected chi connectivity index (χ3v) is 3.85. The Bertz CT molecular complexity index is 582. The first kappa shape index (κ1) is 18.6. The molecule has 0 aromatic heterocycles. The van der Waals surface area contributed by atoms with E-state index >= 15 is 0 Å². The molecule has 0 aliphatic carbocycles. The average Bonchev–Trinajstić information content (AvgIpc) is 2.49. The number of carbonyl (C=O) groups is 1. The number of nitrogens with two attached hydrogens (primary N) is 1. The van der Waals surface area contributed by atoms with Crippen LogP contribution in [0.2, 0.25) is 0 Å². The number of ether oxygens (including phenoxy) is 1. The molecule has 1 unspecified atom stereocenters. The van der Waals surface area contributed by atoms with Gasteiger partial charge in [-0.2, -0.15) is 0 Å². The number of benzene rings is 1. The third-order valence-electron chi connectivity index (χ3n) is 3.85. The van der Waals surface area contributed by atoms with E-state index in [4.69, 9.17) is 10.5 Å². The lowest BCUT2D eigenvalue weighted by atomic mass is 10.1. The van der Waals surface area contributed by atoms with E-state index in [9.17, 15) is 13.6 Å². The van der Waals surface area contributed by atoms with Gasteiger partial charge in [-0.05, 0) is 38.5 Å². The van der Waals surface area contributed by atoms with Crippen LogP contribution in [0.1, 0.15) is 32.4 Å². The zero-order valence-corrected chi connectivity index (χ0v) is 14.4. The number of hydrogen-bond acceptors (Lipinski definition) is 4. The smallest absolute Gasteiger partial charge is 0.410 e. The second-order valence-corrected chi connectivity index (χ2v) is 7.05. The normalized spacial score (nSPS) is 17.7. The van der Waals surface area contributed by atoms with E-state index in [-0.39, 0.29) is 6.09 Å². The molecule has 1 heterocycles. The number of nitrogens with zero attached hydrogens (tertiary/aromatic N) is 2. The third kappa shape index (κ3) is 5.14. The topological polar surface area (TPSA) is 58.8 Å². The summed E-state index contributed by atoms with van der Waals surface area (Å²) in [6.07, 6.45) is -0.313. The van der Waals surface area contributed by atoms with Crippen LogP contribution in [0.25, 0.3) is 0 Å². The van der Waals surface area contributed by atoms with Crippen molar-refractivity contribution in [3.8, 4) is 0 Å². The summed E-state index contributed by atoms with van der Waals surface area (Å²) in [5, 5.41) is 0. The number of hydrogen-bond donors (Lipinski definition) is 1. The molecule has 0 bridgehead atoms. The maximum Gasteiger partial charge on any atom is 0.410 e. The molecule has 0 radical (unpaired) electrons. The van der Waals surface area contributed by atoms with Gasteiger partial charge in [0.05, 0.1) is 0 Å². The van der Waals surface area contributed by atoms with Crippen molar-refractivity contribution in [1.29, 1.82) is 0 Å². The van der Waals surface area contributed by atoms with Crippen molar-refractivity contribution in [1.82, 2.24) is 9.80 Å². The molecule has 1 fully saturated rings. The lowest BCUT2D eigenvalue weighted by molar-refractivity contribution is 0.0141. The molecule has 2 N–H and O–H groups in total. The SMILES string of the molecule is CC(C)(C)OC(=O)N1CCN(CC(N)c2ccc(F)c(F)c2)CC1. The maximum atomic E-state index is 13.3. The Hall–Kier alpha value is -1.73. The summed E-state index contributed by atoms with van der Waals surface area (Å²) in [5.41, 5.74) is 6.13. The first-order valence-electron chi connectivity index (χ1n) is 8.06. The first-order valence-corrected chi connectivity index (χ1v) is 8.06. The predicted molar refractivity (Wildman–Crippen MR) is 87.5 cm³/mol. The van der Waals surface area contributed by atoms with Crippen LogP contribution in [0.3, 0.4) is 0 Å². The van der Waals surface area contributed by atoms with Crippen LogP contribution >= 0.6 is 0 Å². The summed E-state index contributed by atoms with van der Waals surface area (Å²) in [6.45, 7) is 8.46. The van der Waals surface area contributed by atoms with Gasteiger partial charge in [0, 0.05) is 38.8 Å². The Morgan fingerprint density at radius 2 is 1.83 bits per heavy atom. The van der Waals surface area contributed by atoms with Crippen molar-refractivity contribution in [3.05, 3.63) is 35.4 Å². The highest BCUT2D eigenvalue weighted by atomic mass is 19.2. The molecule has 1 aliphatic heterocycles. The molecule has 7 heteroatoms. The van der Waals surface area contributed by atoms with Crippen molar-refractivity contribution in [2.45, 2.75) is 32.4 Å². The second-order valence-electron chi connectivity index (χ2n) is 7.05. The Labute approximate surface area is 141 Å². The maximum absolute atomic E-state index is 13.3. The number of piperazine rings is 1. The summed E-state index contributed by atoms with van der Waals surface area (Å²) in [5.74, 6) is -1.77. The molecule has 1 atom stereocenters. The Kier molecular flexibility index (Phi) is 5.77. The number of rotatable bonds is 3. The van der Waals surface area contributed by atoms with Gasteiger partial charge in [-0.25, -0.2) is 13.6 Å². The van der Waals surface area contributed by atoms with E-state index in [1.807, 2.05) is 20.8 Å². The predicted octanol–water partition coefficient (Wildman–Crippen LogP) is 2.52. The first-order chi connectivity index (χ1) is 11.2. The summed E-state index contributed by atoms with van der Waals surface area (Å²) < 4.78 is 31.6. The fourth-order valence-electron chi connectivity index (χ4n) is 2.57. The zero-order valence-electron chi connectivity index (χ0n) is 14.4. The summed E-state index contributed by atoms with van der Waals surface area (Å²) in [4.78, 5) is 15.8. The average molecular weight is 341 g/mol. The molecule has 2 rings (SSSR count). The molecule has 134 valence electrons. The van der Waals surface area contributed by atoms with E-state index in [0.29, 0.717) is 38.3 Å². The zero-order chi connectivity index (χ0) is 17.9. The fourth-order valence-corrected chi connectivity index (χ4v) is 2.57. The van der Waals surface area contributed by atoms with Crippen molar-refractivity contribution in [2.75, 3.05) is 32.7 Å². The second kappa shape index (κ2) is 7.44. The largest absolute Gasteiger partial charge is 0.444 e. The van der Waals surface area contributed by atoms with E-state index in [1.165, 1.54) is 6.07 Å². The lowest BCUT2D eigenvalue weighted by Crippen LogP contribution is -2.51. The fraction of sp³-hybridized carbons (Fsp3) is 0.588. The Morgan fingerprint density at radius 3 is 2.38 bits per heavy atom. The van der Waals surface area contributed by atoms with Crippen LogP contribution in [0, 0.1) is 11.6 Å². The van der Waals surface area contributed by atoms with E-state index in [2.05, 4.69) is 4.90 Å². The minimum atomic E-state index is -0.891. The van der Waals surface area contributed by atoms with E-state index in [1.54, 1.807) is 4.90 Å². The minimum absolute atomic E-state index is 0.313. The van der Waals surface area contributed by atoms with Gasteiger partial charge < -0.3 is 15.4 Å². The quantitative estimate of drug-likeness (QED) is 0.918. The van der Waals surface area contributed by atoms with Gasteiger partial charge in [0.25, 0.3) is 0 Å². The number of carbonyl (C=O) groups excluding carboxylic acids is 1. The van der Waals surface area contributed by atoms with Crippen LogP contribution in [-0.2, 0) is 4.74 Å². The van der Waals surface area contributed by atoms with Crippen molar-refractivity contribution < 1.29 is 18.3 Å². The van der Waals surface area contributed by atoms with Gasteiger partial charge in [0.15, 0.2) is 11.6 Å². The van der Waals surface area contributed by atoms with Crippen molar-refractivity contribution in [3.63, 3.8) is 0 Å². The Balaban J connectivity index is 1.84. The molecule has 1 aliphatic rings. The van der Waals surface area contributed by atoms with Crippen LogP contribution < -0.4 is 5.73 Å². The van der Waals surface area contributed by atoms with Crippen molar-refractivity contribution >= 4 is 6.09 Å². The van der Waals surface area contributed by atoms with Crippen LogP contribution in [0.4, 0.5) is 13.6 Å². The summed E-state index contributed by atoms with van der Waals surface area (Å²) in [7, 11) is 0. The van der Waals surface area contributed by atoms with Crippen LogP contribution in [0.15, 0.2) is 18.2 Å². The minimum Gasteiger partial charge on any atom is -0.444 e. The molecule has 1 amide bonds. The van der Waals surface area contributed by atoms with Crippen molar-refractivity contribution in [2.24, 2.45) is 5.73 Å². The molecular formula is C17H25F2N3O2. The van der Waals surface area contributed by atoms with Gasteiger partial charge >= 0.3 is 6.09 Å². The van der Waals surface area contributed by atoms with Crippen LogP contribution in [-0.4, -0.2) is 54.2 Å². The van der Waals surface area contributed by atoms with E-state index < -0.39 is 23.3 Å². The standard InChI is InChI=1S/C17H25F2N3O2/c1-17(2,3)24-16(23)22-8-6-21(7-9-22)11-15(20)12-4-5-13(18)14(19)10-12/h4-5,10,15H,6-9,11,20H2,1-3H3. The molecular weight excluding hydrogens is 316 g/mol. The van der Waals surface area contributed by atoms with Crippen LogP contribution in [0.5, 0.6) is 0 Å². The highest BCUT2D eigenvalue weighted by Gasteiger charge is 2.26. The molecule has 0 spiro atoms. The van der Waals surface area contributed by atoms with E-state index in [0.717, 1.165) is 12.1 Å². The van der Waals surface area contributed by atoms with Gasteiger partial charge in [-0.15, -0.1) is 0 Å². The molecule has 1 aromatic carbocycles. The Morgan fingerprint density at radius 1 is 1.21 bits per heavy atom. The monoisotopic (exact) mass is 341 g/mol. The lowest BCUT2D eigenvalue weighted by Gasteiger charge is -2.36. The van der Waals surface area contributed by atoms with Gasteiger partial charge in [0.1, 0.15) is 5.60 Å². The molecule has 5 nitrogen and oxygen atoms in total. The molecule has 0 saturated carbocycles. The summed E-state index contributed by atoms with van der Waals surface area (Å²) >= 11 is 0. The van der Waals surface area contributed by atoms with Gasteiger partial charge in [-0.1, -0.05) is 6.07 Å². The highest BCUT2D eigenvalue weighted by molar-refractivity contribution is 5.68. The highest BCUT2D eigenvalue weighted by Crippen LogP contribution is 2.17. The molecule has 1 aromatic rings. The summed E-state index contributed by atoms with van der Waals surface area (Å²) in [6, 6.07) is 3.32. The molecule has 1 saturated heterocycles. The number of amides is 1. The molecule has 24 heavy (non-hydrogen) atoms. The van der Waals surface area contributed by atoms with Gasteiger partial charge in [-0.3, -0.25) is 4.90 Å². The number of halogens is 2. The van der Waals surface area contributed by atoms with Gasteiger partial charge in [0.2, 0.25) is 0 Å².